The van der Waals surface area contributed by atoms with Crippen molar-refractivity contribution in [2.45, 2.75) is 19.2 Å². The summed E-state index contributed by atoms with van der Waals surface area (Å²) in [4.78, 5) is 11.6. The van der Waals surface area contributed by atoms with Gasteiger partial charge >= 0.3 is 6.18 Å². The molecule has 2 aromatic rings. The van der Waals surface area contributed by atoms with Crippen LogP contribution in [0.25, 0.3) is 5.78 Å². The zero-order valence-corrected chi connectivity index (χ0v) is 13.7. The highest BCUT2D eigenvalue weighted by Crippen LogP contribution is 2.28. The SMILES string of the molecule is Cc1cc(N2CCOC(CN(C)C)C2)n2nc(C(F)(F)F)nc2n1. The number of aromatic nitrogens is 4. The molecule has 3 heterocycles. The lowest BCUT2D eigenvalue weighted by molar-refractivity contribution is -0.144. The van der Waals surface area contributed by atoms with Crippen LogP contribution in [0.5, 0.6) is 0 Å². The lowest BCUT2D eigenvalue weighted by Gasteiger charge is -2.35. The molecular weight excluding hydrogens is 325 g/mol. The number of hydrogen-bond donors (Lipinski definition) is 0. The van der Waals surface area contributed by atoms with Crippen LogP contribution in [0.3, 0.4) is 0 Å². The molecule has 0 N–H and O–H groups in total. The largest absolute Gasteiger partial charge is 0.453 e. The third kappa shape index (κ3) is 3.44. The quantitative estimate of drug-likeness (QED) is 0.834. The maximum absolute atomic E-state index is 12.9. The van der Waals surface area contributed by atoms with E-state index in [-0.39, 0.29) is 11.9 Å². The molecule has 1 aliphatic rings. The van der Waals surface area contributed by atoms with E-state index in [9.17, 15) is 13.2 Å². The van der Waals surface area contributed by atoms with Crippen LogP contribution in [-0.2, 0) is 10.9 Å². The third-order valence-corrected chi connectivity index (χ3v) is 3.71. The van der Waals surface area contributed by atoms with E-state index < -0.39 is 12.0 Å². The molecule has 0 amide bonds. The first kappa shape index (κ1) is 16.9. The predicted octanol–water partition coefficient (Wildman–Crippen LogP) is 1.22. The second-order valence-electron chi connectivity index (χ2n) is 6.10. The Bertz CT molecular complexity index is 729. The number of morpholine rings is 1. The number of rotatable bonds is 3. The van der Waals surface area contributed by atoms with Crippen molar-refractivity contribution in [3.63, 3.8) is 0 Å². The number of likely N-dealkylation sites (N-methyl/N-ethyl adjacent to an activating group) is 1. The molecule has 10 heteroatoms. The Morgan fingerprint density at radius 3 is 2.75 bits per heavy atom. The summed E-state index contributed by atoms with van der Waals surface area (Å²) in [5, 5.41) is 3.61. The summed E-state index contributed by atoms with van der Waals surface area (Å²) < 4.78 is 45.6. The highest BCUT2D eigenvalue weighted by Gasteiger charge is 2.37. The molecule has 2 aromatic heterocycles. The molecular formula is C14H19F3N6O. The van der Waals surface area contributed by atoms with Crippen LogP contribution < -0.4 is 4.90 Å². The lowest BCUT2D eigenvalue weighted by atomic mass is 10.2. The fourth-order valence-electron chi connectivity index (χ4n) is 2.76. The van der Waals surface area contributed by atoms with Gasteiger partial charge in [-0.2, -0.15) is 22.7 Å². The van der Waals surface area contributed by atoms with E-state index in [1.54, 1.807) is 13.0 Å². The normalized spacial score (nSPS) is 19.5. The van der Waals surface area contributed by atoms with E-state index in [2.05, 4.69) is 15.1 Å². The van der Waals surface area contributed by atoms with Crippen molar-refractivity contribution in [3.8, 4) is 0 Å². The second kappa shape index (κ2) is 6.17. The smallest absolute Gasteiger partial charge is 0.373 e. The van der Waals surface area contributed by atoms with Crippen molar-refractivity contribution >= 4 is 11.6 Å². The summed E-state index contributed by atoms with van der Waals surface area (Å²) in [6.45, 7) is 4.10. The Labute approximate surface area is 137 Å². The number of fused-ring (bicyclic) bond motifs is 1. The first-order valence-electron chi connectivity index (χ1n) is 7.57. The average Bonchev–Trinajstić information content (AvgIpc) is 2.89. The molecule has 0 radical (unpaired) electrons. The van der Waals surface area contributed by atoms with E-state index in [0.29, 0.717) is 31.2 Å². The maximum atomic E-state index is 12.9. The molecule has 0 saturated carbocycles. The van der Waals surface area contributed by atoms with E-state index in [1.807, 2.05) is 23.9 Å². The Kier molecular flexibility index (Phi) is 4.35. The summed E-state index contributed by atoms with van der Waals surface area (Å²) in [6, 6.07) is 1.72. The van der Waals surface area contributed by atoms with Gasteiger partial charge in [0.15, 0.2) is 0 Å². The molecule has 1 fully saturated rings. The topological polar surface area (TPSA) is 58.8 Å². The van der Waals surface area contributed by atoms with E-state index in [0.717, 1.165) is 11.1 Å². The van der Waals surface area contributed by atoms with Crippen molar-refractivity contribution in [1.82, 2.24) is 24.5 Å². The molecule has 0 aromatic carbocycles. The summed E-state index contributed by atoms with van der Waals surface area (Å²) in [5.74, 6) is -0.680. The van der Waals surface area contributed by atoms with Gasteiger partial charge in [0.25, 0.3) is 11.6 Å². The average molecular weight is 344 g/mol. The second-order valence-corrected chi connectivity index (χ2v) is 6.10. The Hall–Kier alpha value is -1.94. The fourth-order valence-corrected chi connectivity index (χ4v) is 2.76. The van der Waals surface area contributed by atoms with Gasteiger partial charge in [0.2, 0.25) is 0 Å². The van der Waals surface area contributed by atoms with Crippen molar-refractivity contribution < 1.29 is 17.9 Å². The first-order valence-corrected chi connectivity index (χ1v) is 7.57. The van der Waals surface area contributed by atoms with E-state index in [1.165, 1.54) is 0 Å². The van der Waals surface area contributed by atoms with Gasteiger partial charge in [-0.25, -0.2) is 4.98 Å². The number of alkyl halides is 3. The summed E-state index contributed by atoms with van der Waals surface area (Å²) in [7, 11) is 3.90. The van der Waals surface area contributed by atoms with Gasteiger partial charge in [0.1, 0.15) is 5.82 Å². The van der Waals surface area contributed by atoms with Gasteiger partial charge in [-0.3, -0.25) is 0 Å². The van der Waals surface area contributed by atoms with E-state index >= 15 is 0 Å². The highest BCUT2D eigenvalue weighted by molar-refractivity contribution is 5.48. The number of ether oxygens (including phenoxy) is 1. The Balaban J connectivity index is 1.97. The minimum Gasteiger partial charge on any atom is -0.373 e. The molecule has 3 rings (SSSR count). The number of halogens is 3. The zero-order valence-electron chi connectivity index (χ0n) is 13.7. The van der Waals surface area contributed by atoms with Crippen LogP contribution in [0.15, 0.2) is 6.07 Å². The van der Waals surface area contributed by atoms with Gasteiger partial charge in [-0.1, -0.05) is 0 Å². The molecule has 0 aliphatic carbocycles. The molecule has 132 valence electrons. The standard InChI is InChI=1S/C14H19F3N6O/c1-9-6-11(22-4-5-24-10(8-22)7-21(2)3)23-13(18-9)19-12(20-23)14(15,16)17/h6,10H,4-5,7-8H2,1-3H3. The Morgan fingerprint density at radius 2 is 2.08 bits per heavy atom. The maximum Gasteiger partial charge on any atom is 0.453 e. The van der Waals surface area contributed by atoms with Crippen LogP contribution in [0.4, 0.5) is 19.0 Å². The molecule has 7 nitrogen and oxygen atoms in total. The van der Waals surface area contributed by atoms with Crippen LogP contribution in [0, 0.1) is 6.92 Å². The number of nitrogens with zero attached hydrogens (tertiary/aromatic N) is 6. The van der Waals surface area contributed by atoms with Gasteiger partial charge in [0, 0.05) is 31.4 Å². The van der Waals surface area contributed by atoms with E-state index in [4.69, 9.17) is 4.74 Å². The zero-order chi connectivity index (χ0) is 17.5. The van der Waals surface area contributed by atoms with Crippen molar-refractivity contribution in [2.75, 3.05) is 45.2 Å². The van der Waals surface area contributed by atoms with Crippen molar-refractivity contribution in [1.29, 1.82) is 0 Å². The summed E-state index contributed by atoms with van der Waals surface area (Å²) >= 11 is 0. The Morgan fingerprint density at radius 1 is 1.33 bits per heavy atom. The molecule has 1 atom stereocenters. The predicted molar refractivity (Wildman–Crippen MR) is 81.0 cm³/mol. The third-order valence-electron chi connectivity index (χ3n) is 3.71. The molecule has 1 aliphatic heterocycles. The van der Waals surface area contributed by atoms with Crippen molar-refractivity contribution in [2.24, 2.45) is 0 Å². The van der Waals surface area contributed by atoms with Crippen LogP contribution in [0.1, 0.15) is 11.5 Å². The molecule has 0 bridgehead atoms. The molecule has 0 spiro atoms. The van der Waals surface area contributed by atoms with Crippen molar-refractivity contribution in [3.05, 3.63) is 17.6 Å². The van der Waals surface area contributed by atoms with Gasteiger partial charge in [0.05, 0.1) is 12.7 Å². The first-order chi connectivity index (χ1) is 11.2. The van der Waals surface area contributed by atoms with Gasteiger partial charge in [-0.15, -0.1) is 5.10 Å². The van der Waals surface area contributed by atoms with Gasteiger partial charge < -0.3 is 14.5 Å². The fraction of sp³-hybridized carbons (Fsp3) is 0.643. The number of aryl methyl sites for hydroxylation is 1. The summed E-state index contributed by atoms with van der Waals surface area (Å²) in [6.07, 6.45) is -4.62. The number of anilines is 1. The van der Waals surface area contributed by atoms with Crippen LogP contribution >= 0.6 is 0 Å². The van der Waals surface area contributed by atoms with Gasteiger partial charge in [-0.05, 0) is 21.0 Å². The minimum absolute atomic E-state index is 0.0251. The molecule has 1 saturated heterocycles. The highest BCUT2D eigenvalue weighted by atomic mass is 19.4. The monoisotopic (exact) mass is 344 g/mol. The minimum atomic E-state index is -4.60. The lowest BCUT2D eigenvalue weighted by Crippen LogP contribution is -2.47. The van der Waals surface area contributed by atoms with Crippen LogP contribution in [-0.4, -0.2) is 70.9 Å². The number of hydrogen-bond acceptors (Lipinski definition) is 6. The molecule has 24 heavy (non-hydrogen) atoms. The molecule has 1 unspecified atom stereocenters. The summed E-state index contributed by atoms with van der Waals surface area (Å²) in [5.41, 5.74) is 0.592. The van der Waals surface area contributed by atoms with Crippen LogP contribution in [0.2, 0.25) is 0 Å².